The molecule has 0 radical (unpaired) electrons. The van der Waals surface area contributed by atoms with Gasteiger partial charge in [-0.05, 0) is 42.3 Å². The summed E-state index contributed by atoms with van der Waals surface area (Å²) in [5.41, 5.74) is -0.631. The molecule has 0 unspecified atom stereocenters. The molecule has 2 aliphatic heterocycles. The Labute approximate surface area is 206 Å². The third-order valence-electron chi connectivity index (χ3n) is 6.44. The molecule has 11 heteroatoms. The summed E-state index contributed by atoms with van der Waals surface area (Å²) in [5, 5.41) is 24.7. The predicted octanol–water partition coefficient (Wildman–Crippen LogP) is 2.00. The van der Waals surface area contributed by atoms with Crippen LogP contribution in [0, 0.1) is 16.0 Å². The third kappa shape index (κ3) is 4.90. The average Bonchev–Trinajstić information content (AvgIpc) is 3.07. The maximum atomic E-state index is 13.4. The zero-order valence-electron chi connectivity index (χ0n) is 18.8. The summed E-state index contributed by atoms with van der Waals surface area (Å²) in [7, 11) is 0. The van der Waals surface area contributed by atoms with Crippen LogP contribution < -0.4 is 5.32 Å². The average molecular weight is 502 g/mol. The fraction of sp³-hybridized carbons (Fsp3) is 0.375. The monoisotopic (exact) mass is 501 g/mol. The summed E-state index contributed by atoms with van der Waals surface area (Å²) >= 11 is 5.95. The summed E-state index contributed by atoms with van der Waals surface area (Å²) in [6.07, 6.45) is -1.14. The number of carbonyl (C=O) groups excluding carboxylic acids is 3. The molecule has 2 fully saturated rings. The maximum Gasteiger partial charge on any atom is 0.336 e. The number of fused-ring (bicyclic) bond motifs is 2. The van der Waals surface area contributed by atoms with E-state index in [0.717, 1.165) is 5.56 Å². The molecule has 2 aromatic carbocycles. The first-order valence-corrected chi connectivity index (χ1v) is 11.4. The van der Waals surface area contributed by atoms with E-state index >= 15 is 0 Å². The van der Waals surface area contributed by atoms with Crippen molar-refractivity contribution in [2.75, 3.05) is 6.54 Å². The van der Waals surface area contributed by atoms with Gasteiger partial charge in [0.1, 0.15) is 6.61 Å². The number of ether oxygens (including phenoxy) is 1. The zero-order chi connectivity index (χ0) is 25.3. The van der Waals surface area contributed by atoms with Gasteiger partial charge in [-0.2, -0.15) is 0 Å². The summed E-state index contributed by atoms with van der Waals surface area (Å²) in [6.45, 7) is 1.13. The van der Waals surface area contributed by atoms with E-state index in [0.29, 0.717) is 10.6 Å². The van der Waals surface area contributed by atoms with Crippen molar-refractivity contribution < 1.29 is 29.2 Å². The molecular weight excluding hydrogens is 478 g/mol. The lowest BCUT2D eigenvalue weighted by Gasteiger charge is -2.32. The number of nitrogens with one attached hydrogen (secondary N) is 1. The van der Waals surface area contributed by atoms with E-state index in [1.807, 2.05) is 0 Å². The van der Waals surface area contributed by atoms with Crippen LogP contribution in [0.5, 0.6) is 0 Å². The van der Waals surface area contributed by atoms with Crippen LogP contribution in [0.25, 0.3) is 0 Å². The minimum atomic E-state index is -1.78. The molecule has 184 valence electrons. The Bertz CT molecular complexity index is 1150. The number of esters is 1. The molecule has 2 saturated heterocycles. The Morgan fingerprint density at radius 2 is 1.86 bits per heavy atom. The molecule has 4 atom stereocenters. The first-order chi connectivity index (χ1) is 16.6. The van der Waals surface area contributed by atoms with Crippen LogP contribution in [-0.4, -0.2) is 56.8 Å². The molecule has 1 amide bonds. The number of benzene rings is 2. The van der Waals surface area contributed by atoms with Crippen molar-refractivity contribution in [2.24, 2.45) is 5.92 Å². The fourth-order valence-corrected chi connectivity index (χ4v) is 4.76. The van der Waals surface area contributed by atoms with Crippen LogP contribution in [0.1, 0.15) is 24.5 Å². The summed E-state index contributed by atoms with van der Waals surface area (Å²) in [4.78, 5) is 51.5. The minimum absolute atomic E-state index is 0.0945. The molecule has 0 saturated carbocycles. The second-order valence-electron chi connectivity index (χ2n) is 8.87. The third-order valence-corrected chi connectivity index (χ3v) is 6.70. The fourth-order valence-electron chi connectivity index (χ4n) is 4.63. The van der Waals surface area contributed by atoms with Crippen molar-refractivity contribution >= 4 is 34.9 Å². The molecule has 2 heterocycles. The van der Waals surface area contributed by atoms with Gasteiger partial charge in [-0.1, -0.05) is 23.7 Å². The van der Waals surface area contributed by atoms with E-state index in [2.05, 4.69) is 5.32 Å². The number of aliphatic hydroxyl groups excluding tert-OH is 1. The number of amides is 1. The second-order valence-corrected chi connectivity index (χ2v) is 9.31. The number of rotatable bonds is 7. The highest BCUT2D eigenvalue weighted by atomic mass is 35.5. The van der Waals surface area contributed by atoms with E-state index in [-0.39, 0.29) is 37.7 Å². The highest BCUT2D eigenvalue weighted by Crippen LogP contribution is 2.34. The van der Waals surface area contributed by atoms with E-state index in [1.165, 1.54) is 36.1 Å². The van der Waals surface area contributed by atoms with Crippen molar-refractivity contribution in [2.45, 2.75) is 44.2 Å². The number of non-ortho nitro benzene ring substituents is 1. The quantitative estimate of drug-likeness (QED) is 0.254. The minimum Gasteiger partial charge on any atom is -0.459 e. The van der Waals surface area contributed by atoms with Crippen molar-refractivity contribution in [1.82, 2.24) is 10.2 Å². The molecule has 2 aliphatic rings. The number of nitrogens with zero attached hydrogens (tertiary/aromatic N) is 2. The molecular formula is C24H24ClN3O7. The molecule has 4 rings (SSSR count). The lowest BCUT2D eigenvalue weighted by molar-refractivity contribution is -0.384. The lowest BCUT2D eigenvalue weighted by atomic mass is 9.88. The molecule has 35 heavy (non-hydrogen) atoms. The van der Waals surface area contributed by atoms with Gasteiger partial charge >= 0.3 is 5.97 Å². The van der Waals surface area contributed by atoms with Crippen LogP contribution in [0.4, 0.5) is 5.69 Å². The van der Waals surface area contributed by atoms with Gasteiger partial charge in [0.25, 0.3) is 5.69 Å². The van der Waals surface area contributed by atoms with Crippen LogP contribution >= 0.6 is 11.6 Å². The summed E-state index contributed by atoms with van der Waals surface area (Å²) in [6, 6.07) is 11.6. The Morgan fingerprint density at radius 3 is 2.46 bits per heavy atom. The number of hydrogen-bond donors (Lipinski definition) is 2. The molecule has 0 aliphatic carbocycles. The number of likely N-dealkylation sites (tertiary alicyclic amines) is 1. The first-order valence-electron chi connectivity index (χ1n) is 11.0. The number of Topliss-reactive ketones (excluding diaryl/α,β-unsaturated/α-hetero) is 1. The Balaban J connectivity index is 1.59. The van der Waals surface area contributed by atoms with Crippen LogP contribution in [0.2, 0.25) is 5.02 Å². The molecule has 0 spiro atoms. The number of aliphatic hydroxyl groups is 1. The number of nitro groups is 1. The smallest absolute Gasteiger partial charge is 0.336 e. The van der Waals surface area contributed by atoms with Crippen molar-refractivity contribution in [3.05, 3.63) is 74.8 Å². The molecule has 0 aromatic heterocycles. The maximum absolute atomic E-state index is 13.4. The number of ketones is 1. The van der Waals surface area contributed by atoms with Gasteiger partial charge in [0.05, 0.1) is 23.5 Å². The van der Waals surface area contributed by atoms with Crippen molar-refractivity contribution in [1.29, 1.82) is 0 Å². The van der Waals surface area contributed by atoms with Crippen molar-refractivity contribution in [3.8, 4) is 0 Å². The standard InChI is InChI=1S/C24H24ClN3O7/c1-14(29)21-19-10-20(30)24(26-19,13-27(22(21)31)11-15-2-6-17(25)7-3-15)23(32)35-12-16-4-8-18(9-5-16)28(33)34/h2-9,14,19,21,26,29H,10-13H2,1H3/t14-,19-,21-,24-/m1/s1. The molecule has 2 N–H and O–H groups in total. The second kappa shape index (κ2) is 9.73. The highest BCUT2D eigenvalue weighted by Gasteiger charge is 2.60. The molecule has 2 aromatic rings. The van der Waals surface area contributed by atoms with E-state index < -0.39 is 40.3 Å². The zero-order valence-corrected chi connectivity index (χ0v) is 19.6. The predicted molar refractivity (Wildman–Crippen MR) is 124 cm³/mol. The van der Waals surface area contributed by atoms with Gasteiger partial charge in [0.2, 0.25) is 5.91 Å². The lowest BCUT2D eigenvalue weighted by Crippen LogP contribution is -2.60. The van der Waals surface area contributed by atoms with Crippen LogP contribution in [0.15, 0.2) is 48.5 Å². The van der Waals surface area contributed by atoms with Gasteiger partial charge in [-0.15, -0.1) is 0 Å². The van der Waals surface area contributed by atoms with Gasteiger partial charge in [-0.25, -0.2) is 4.79 Å². The number of halogens is 1. The van der Waals surface area contributed by atoms with Crippen LogP contribution in [-0.2, 0) is 32.3 Å². The van der Waals surface area contributed by atoms with Crippen molar-refractivity contribution in [3.63, 3.8) is 0 Å². The Hall–Kier alpha value is -3.34. The normalized spacial score (nSPS) is 24.7. The number of nitro benzene ring substituents is 1. The van der Waals surface area contributed by atoms with E-state index in [1.54, 1.807) is 24.3 Å². The van der Waals surface area contributed by atoms with Gasteiger partial charge in [0, 0.05) is 36.2 Å². The number of hydrogen-bond acceptors (Lipinski definition) is 8. The Kier molecular flexibility index (Phi) is 6.88. The Morgan fingerprint density at radius 1 is 1.23 bits per heavy atom. The first kappa shape index (κ1) is 24.8. The topological polar surface area (TPSA) is 139 Å². The largest absolute Gasteiger partial charge is 0.459 e. The van der Waals surface area contributed by atoms with Gasteiger partial charge < -0.3 is 14.7 Å². The van der Waals surface area contributed by atoms with E-state index in [4.69, 9.17) is 16.3 Å². The summed E-state index contributed by atoms with van der Waals surface area (Å²) in [5.74, 6) is -2.55. The summed E-state index contributed by atoms with van der Waals surface area (Å²) < 4.78 is 5.45. The van der Waals surface area contributed by atoms with Gasteiger partial charge in [-0.3, -0.25) is 25.0 Å². The molecule has 2 bridgehead atoms. The SMILES string of the molecule is C[C@@H](O)[C@H]1C(=O)N(Cc2ccc(Cl)cc2)C[C@@]2(C(=O)OCc3ccc([N+](=O)[O-])cc3)N[C@@H]1CC2=O. The highest BCUT2D eigenvalue weighted by molar-refractivity contribution is 6.30. The molecule has 10 nitrogen and oxygen atoms in total. The van der Waals surface area contributed by atoms with Crippen LogP contribution in [0.3, 0.4) is 0 Å². The van der Waals surface area contributed by atoms with Gasteiger partial charge in [0.15, 0.2) is 11.3 Å². The number of carbonyl (C=O) groups is 3. The van der Waals surface area contributed by atoms with E-state index in [9.17, 15) is 29.6 Å².